The van der Waals surface area contributed by atoms with Gasteiger partial charge in [0.25, 0.3) is 0 Å². The molecule has 0 radical (unpaired) electrons. The lowest BCUT2D eigenvalue weighted by Crippen LogP contribution is -2.58. The number of ether oxygens (including phenoxy) is 2. The fourth-order valence-electron chi connectivity index (χ4n) is 3.47. The van der Waals surface area contributed by atoms with Gasteiger partial charge >= 0.3 is 0 Å². The molecule has 0 atom stereocenters. The molecule has 0 bridgehead atoms. The molecule has 0 aromatic rings. The van der Waals surface area contributed by atoms with Gasteiger partial charge in [0, 0.05) is 39.0 Å². The molecule has 0 aliphatic carbocycles. The first-order valence-corrected chi connectivity index (χ1v) is 9.41. The molecule has 140 valence electrons. The van der Waals surface area contributed by atoms with Gasteiger partial charge in [-0.25, -0.2) is 0 Å². The predicted octanol–water partition coefficient (Wildman–Crippen LogP) is 1.61. The van der Waals surface area contributed by atoms with Gasteiger partial charge < -0.3 is 20.1 Å². The van der Waals surface area contributed by atoms with Crippen LogP contribution in [0.1, 0.15) is 46.5 Å². The van der Waals surface area contributed by atoms with E-state index in [1.54, 1.807) is 7.11 Å². The zero-order valence-corrected chi connectivity index (χ0v) is 16.0. The average molecular weight is 341 g/mol. The first-order valence-electron chi connectivity index (χ1n) is 9.41. The Morgan fingerprint density at radius 2 is 1.88 bits per heavy atom. The van der Waals surface area contributed by atoms with E-state index in [1.165, 1.54) is 25.9 Å². The zero-order chi connectivity index (χ0) is 17.5. The molecule has 2 rings (SSSR count). The van der Waals surface area contributed by atoms with E-state index in [4.69, 9.17) is 14.5 Å². The third kappa shape index (κ3) is 5.33. The van der Waals surface area contributed by atoms with E-state index in [0.717, 1.165) is 45.1 Å². The van der Waals surface area contributed by atoms with Crippen LogP contribution < -0.4 is 10.6 Å². The van der Waals surface area contributed by atoms with Crippen LogP contribution in [-0.2, 0) is 9.47 Å². The van der Waals surface area contributed by atoms with Crippen molar-refractivity contribution in [1.29, 1.82) is 0 Å². The smallest absolute Gasteiger partial charge is 0.191 e. The van der Waals surface area contributed by atoms with E-state index in [9.17, 15) is 0 Å². The van der Waals surface area contributed by atoms with Crippen molar-refractivity contribution >= 4 is 5.96 Å². The molecule has 0 amide bonds. The van der Waals surface area contributed by atoms with E-state index in [1.807, 2.05) is 0 Å². The summed E-state index contributed by atoms with van der Waals surface area (Å²) in [4.78, 5) is 7.39. The molecule has 6 heteroatoms. The summed E-state index contributed by atoms with van der Waals surface area (Å²) in [6, 6.07) is 0. The van der Waals surface area contributed by atoms with Crippen LogP contribution in [0.5, 0.6) is 0 Å². The number of hydrogen-bond acceptors (Lipinski definition) is 4. The van der Waals surface area contributed by atoms with Gasteiger partial charge in [-0.1, -0.05) is 0 Å². The standard InChI is InChI=1S/C18H36N4O2/c1-5-19-16(20-14-17(2,3)23-4)21-15-18(8-12-24-13-9-18)22-10-6-7-11-22/h5-15H2,1-4H3,(H2,19,20,21). The van der Waals surface area contributed by atoms with Crippen LogP contribution in [-0.4, -0.2) is 75.0 Å². The molecule has 0 aromatic carbocycles. The Balaban J connectivity index is 2.00. The lowest BCUT2D eigenvalue weighted by atomic mass is 9.88. The summed E-state index contributed by atoms with van der Waals surface area (Å²) in [6.07, 6.45) is 4.84. The highest BCUT2D eigenvalue weighted by molar-refractivity contribution is 5.79. The van der Waals surface area contributed by atoms with E-state index < -0.39 is 0 Å². The number of nitrogens with one attached hydrogen (secondary N) is 2. The van der Waals surface area contributed by atoms with Gasteiger partial charge in [0.15, 0.2) is 5.96 Å². The lowest BCUT2D eigenvalue weighted by Gasteiger charge is -2.45. The zero-order valence-electron chi connectivity index (χ0n) is 16.0. The van der Waals surface area contributed by atoms with Crippen molar-refractivity contribution in [2.75, 3.05) is 53.0 Å². The first-order chi connectivity index (χ1) is 11.5. The summed E-state index contributed by atoms with van der Waals surface area (Å²) in [5, 5.41) is 6.95. The van der Waals surface area contributed by atoms with Crippen molar-refractivity contribution in [2.24, 2.45) is 4.99 Å². The van der Waals surface area contributed by atoms with E-state index in [2.05, 4.69) is 36.3 Å². The van der Waals surface area contributed by atoms with Gasteiger partial charge in [-0.05, 0) is 59.5 Å². The highest BCUT2D eigenvalue weighted by Gasteiger charge is 2.39. The maximum atomic E-state index is 5.63. The largest absolute Gasteiger partial charge is 0.381 e. The van der Waals surface area contributed by atoms with Crippen molar-refractivity contribution in [3.8, 4) is 0 Å². The molecule has 24 heavy (non-hydrogen) atoms. The highest BCUT2D eigenvalue weighted by Crippen LogP contribution is 2.30. The Bertz CT molecular complexity index is 400. The second-order valence-corrected chi connectivity index (χ2v) is 7.54. The van der Waals surface area contributed by atoms with Crippen LogP contribution in [0.4, 0.5) is 0 Å². The SMILES string of the molecule is CCNC(=NCC(C)(C)OC)NCC1(N2CCCC2)CCOCC1. The number of guanidine groups is 1. The van der Waals surface area contributed by atoms with Crippen LogP contribution in [0.3, 0.4) is 0 Å². The second kappa shape index (κ2) is 9.02. The number of hydrogen-bond donors (Lipinski definition) is 2. The Hall–Kier alpha value is -0.850. The van der Waals surface area contributed by atoms with E-state index >= 15 is 0 Å². The van der Waals surface area contributed by atoms with Crippen LogP contribution >= 0.6 is 0 Å². The van der Waals surface area contributed by atoms with Crippen molar-refractivity contribution in [1.82, 2.24) is 15.5 Å². The predicted molar refractivity (Wildman–Crippen MR) is 98.7 cm³/mol. The fraction of sp³-hybridized carbons (Fsp3) is 0.944. The molecule has 0 spiro atoms. The van der Waals surface area contributed by atoms with Gasteiger partial charge in [-0.3, -0.25) is 9.89 Å². The number of methoxy groups -OCH3 is 1. The number of likely N-dealkylation sites (tertiary alicyclic amines) is 1. The molecule has 0 aromatic heterocycles. The third-order valence-corrected chi connectivity index (χ3v) is 5.30. The highest BCUT2D eigenvalue weighted by atomic mass is 16.5. The normalized spacial score (nSPS) is 22.6. The van der Waals surface area contributed by atoms with Crippen molar-refractivity contribution in [3.63, 3.8) is 0 Å². The topological polar surface area (TPSA) is 58.1 Å². The van der Waals surface area contributed by atoms with Gasteiger partial charge in [0.05, 0.1) is 12.1 Å². The summed E-state index contributed by atoms with van der Waals surface area (Å²) in [5.74, 6) is 0.882. The molecule has 2 aliphatic rings. The van der Waals surface area contributed by atoms with Crippen LogP contribution in [0.2, 0.25) is 0 Å². The molecule has 2 saturated heterocycles. The number of rotatable bonds is 7. The lowest BCUT2D eigenvalue weighted by molar-refractivity contribution is -0.0164. The Kier molecular flexibility index (Phi) is 7.32. The second-order valence-electron chi connectivity index (χ2n) is 7.54. The number of nitrogens with zero attached hydrogens (tertiary/aromatic N) is 2. The summed E-state index contributed by atoms with van der Waals surface area (Å²) in [7, 11) is 1.74. The molecule has 6 nitrogen and oxygen atoms in total. The van der Waals surface area contributed by atoms with E-state index in [0.29, 0.717) is 6.54 Å². The number of aliphatic imine (C=N–C) groups is 1. The van der Waals surface area contributed by atoms with Crippen LogP contribution in [0, 0.1) is 0 Å². The molecular formula is C18H36N4O2. The van der Waals surface area contributed by atoms with E-state index in [-0.39, 0.29) is 11.1 Å². The monoisotopic (exact) mass is 340 g/mol. The average Bonchev–Trinajstić information content (AvgIpc) is 3.13. The quantitative estimate of drug-likeness (QED) is 0.545. The Labute approximate surface area is 147 Å². The van der Waals surface area contributed by atoms with Gasteiger partial charge in [-0.2, -0.15) is 0 Å². The fourth-order valence-corrected chi connectivity index (χ4v) is 3.47. The van der Waals surface area contributed by atoms with Crippen molar-refractivity contribution in [2.45, 2.75) is 57.6 Å². The van der Waals surface area contributed by atoms with Gasteiger partial charge in [0.2, 0.25) is 0 Å². The molecule has 2 aliphatic heterocycles. The summed E-state index contributed by atoms with van der Waals surface area (Å²) < 4.78 is 11.1. The minimum atomic E-state index is -0.242. The summed E-state index contributed by atoms with van der Waals surface area (Å²) >= 11 is 0. The minimum absolute atomic E-state index is 0.210. The minimum Gasteiger partial charge on any atom is -0.381 e. The summed E-state index contributed by atoms with van der Waals surface area (Å²) in [5.41, 5.74) is -0.0324. The molecule has 0 saturated carbocycles. The van der Waals surface area contributed by atoms with Crippen LogP contribution in [0.15, 0.2) is 4.99 Å². The first kappa shape index (κ1) is 19.5. The van der Waals surface area contributed by atoms with Gasteiger partial charge in [-0.15, -0.1) is 0 Å². The maximum absolute atomic E-state index is 5.63. The molecule has 2 fully saturated rings. The molecule has 2 N–H and O–H groups in total. The molecule has 2 heterocycles. The van der Waals surface area contributed by atoms with Crippen molar-refractivity contribution < 1.29 is 9.47 Å². The van der Waals surface area contributed by atoms with Crippen molar-refractivity contribution in [3.05, 3.63) is 0 Å². The Morgan fingerprint density at radius 1 is 1.21 bits per heavy atom. The maximum Gasteiger partial charge on any atom is 0.191 e. The van der Waals surface area contributed by atoms with Gasteiger partial charge in [0.1, 0.15) is 0 Å². The van der Waals surface area contributed by atoms with Crippen LogP contribution in [0.25, 0.3) is 0 Å². The molecular weight excluding hydrogens is 304 g/mol. The Morgan fingerprint density at radius 3 is 2.46 bits per heavy atom. The molecule has 0 unspecified atom stereocenters. The third-order valence-electron chi connectivity index (χ3n) is 5.30. The summed E-state index contributed by atoms with van der Waals surface area (Å²) in [6.45, 7) is 12.8.